The molecule has 0 saturated carbocycles. The number of aromatic amines is 2. The van der Waals surface area contributed by atoms with E-state index >= 15 is 0 Å². The molecule has 0 aliphatic heterocycles. The monoisotopic (exact) mass is 262 g/mol. The van der Waals surface area contributed by atoms with E-state index in [1.54, 1.807) is 0 Å². The number of imidazole rings is 2. The number of aryl methyl sites for hydroxylation is 2. The van der Waals surface area contributed by atoms with Crippen LogP contribution in [-0.2, 0) is 13.1 Å². The van der Waals surface area contributed by atoms with Gasteiger partial charge in [0.05, 0.1) is 13.1 Å². The third kappa shape index (κ3) is 2.88. The van der Waals surface area contributed by atoms with Gasteiger partial charge in [0.2, 0.25) is 12.7 Å². The van der Waals surface area contributed by atoms with E-state index in [2.05, 4.69) is 73.3 Å². The molecule has 4 heteroatoms. The fourth-order valence-corrected chi connectivity index (χ4v) is 2.48. The lowest BCUT2D eigenvalue weighted by molar-refractivity contribution is -0.751. The van der Waals surface area contributed by atoms with E-state index in [0.29, 0.717) is 0 Å². The Morgan fingerprint density at radius 2 is 1.21 bits per heavy atom. The summed E-state index contributed by atoms with van der Waals surface area (Å²) in [6.07, 6.45) is 4.15. The molecule has 2 rings (SSSR count). The standard InChI is InChI=1S/C15H24N4/c1-11-13(3)18(9-16-11)7-15(5,6)8-19-10-17-12(2)14(19)4/h9-10H,7-8H2,1-6H3/p+2. The summed E-state index contributed by atoms with van der Waals surface area (Å²) in [5, 5.41) is 0. The Kier molecular flexibility index (Phi) is 3.52. The van der Waals surface area contributed by atoms with Crippen LogP contribution in [0.4, 0.5) is 0 Å². The van der Waals surface area contributed by atoms with E-state index in [-0.39, 0.29) is 5.41 Å². The Balaban J connectivity index is 2.15. The van der Waals surface area contributed by atoms with Crippen LogP contribution in [0.3, 0.4) is 0 Å². The van der Waals surface area contributed by atoms with E-state index in [1.165, 1.54) is 22.8 Å². The lowest BCUT2D eigenvalue weighted by Gasteiger charge is -2.21. The zero-order valence-corrected chi connectivity index (χ0v) is 13.0. The second-order valence-electron chi connectivity index (χ2n) is 6.39. The first kappa shape index (κ1) is 13.8. The molecule has 0 atom stereocenters. The van der Waals surface area contributed by atoms with Crippen molar-refractivity contribution in [3.05, 3.63) is 35.4 Å². The van der Waals surface area contributed by atoms with Crippen molar-refractivity contribution < 1.29 is 9.13 Å². The zero-order chi connectivity index (χ0) is 14.2. The molecule has 19 heavy (non-hydrogen) atoms. The lowest BCUT2D eigenvalue weighted by atomic mass is 9.93. The molecule has 2 aromatic rings. The number of hydrogen-bond donors (Lipinski definition) is 2. The third-order valence-corrected chi connectivity index (χ3v) is 4.02. The fourth-order valence-electron chi connectivity index (χ4n) is 2.48. The minimum absolute atomic E-state index is 0.202. The fraction of sp³-hybridized carbons (Fsp3) is 0.600. The van der Waals surface area contributed by atoms with Crippen LogP contribution in [-0.4, -0.2) is 9.97 Å². The highest BCUT2D eigenvalue weighted by atomic mass is 15.1. The van der Waals surface area contributed by atoms with Crippen molar-refractivity contribution in [1.29, 1.82) is 0 Å². The highest BCUT2D eigenvalue weighted by Gasteiger charge is 2.27. The van der Waals surface area contributed by atoms with Gasteiger partial charge in [-0.1, -0.05) is 13.8 Å². The van der Waals surface area contributed by atoms with Gasteiger partial charge in [0.25, 0.3) is 0 Å². The summed E-state index contributed by atoms with van der Waals surface area (Å²) >= 11 is 0. The van der Waals surface area contributed by atoms with Crippen LogP contribution < -0.4 is 9.13 Å². The molecule has 0 spiro atoms. The topological polar surface area (TPSA) is 39.3 Å². The minimum Gasteiger partial charge on any atom is -0.248 e. The average Bonchev–Trinajstić information content (AvgIpc) is 2.79. The second-order valence-corrected chi connectivity index (χ2v) is 6.39. The molecule has 0 unspecified atom stereocenters. The van der Waals surface area contributed by atoms with Crippen LogP contribution in [0, 0.1) is 33.1 Å². The third-order valence-electron chi connectivity index (χ3n) is 4.02. The van der Waals surface area contributed by atoms with E-state index in [9.17, 15) is 0 Å². The molecule has 0 aliphatic rings. The van der Waals surface area contributed by atoms with Gasteiger partial charge in [0, 0.05) is 33.1 Å². The average molecular weight is 262 g/mol. The van der Waals surface area contributed by atoms with Crippen LogP contribution in [0.2, 0.25) is 0 Å². The molecule has 0 saturated heterocycles. The molecule has 0 bridgehead atoms. The Hall–Kier alpha value is -1.58. The first-order valence-electron chi connectivity index (χ1n) is 6.88. The quantitative estimate of drug-likeness (QED) is 0.790. The molecule has 0 radical (unpaired) electrons. The summed E-state index contributed by atoms with van der Waals surface area (Å²) in [5.41, 5.74) is 5.34. The van der Waals surface area contributed by atoms with Crippen LogP contribution in [0.25, 0.3) is 0 Å². The number of nitrogens with zero attached hydrogens (tertiary/aromatic N) is 2. The van der Waals surface area contributed by atoms with E-state index in [1.807, 2.05) is 0 Å². The molecular weight excluding hydrogens is 236 g/mol. The van der Waals surface area contributed by atoms with Crippen molar-refractivity contribution in [2.75, 3.05) is 0 Å². The number of aromatic nitrogens is 4. The van der Waals surface area contributed by atoms with Gasteiger partial charge < -0.3 is 0 Å². The number of H-pyrrole nitrogens is 2. The summed E-state index contributed by atoms with van der Waals surface area (Å²) in [5.74, 6) is 0. The Labute approximate surface area is 115 Å². The van der Waals surface area contributed by atoms with Crippen LogP contribution in [0.15, 0.2) is 12.7 Å². The molecule has 2 heterocycles. The summed E-state index contributed by atoms with van der Waals surface area (Å²) in [4.78, 5) is 6.58. The summed E-state index contributed by atoms with van der Waals surface area (Å²) in [7, 11) is 0. The zero-order valence-electron chi connectivity index (χ0n) is 13.0. The first-order valence-corrected chi connectivity index (χ1v) is 6.88. The number of nitrogens with one attached hydrogen (secondary N) is 2. The maximum atomic E-state index is 3.29. The van der Waals surface area contributed by atoms with Gasteiger partial charge in [-0.05, 0) is 0 Å². The van der Waals surface area contributed by atoms with Gasteiger partial charge in [-0.2, -0.15) is 0 Å². The molecular formula is C15H26N4+2. The van der Waals surface area contributed by atoms with E-state index < -0.39 is 0 Å². The van der Waals surface area contributed by atoms with Crippen molar-refractivity contribution in [3.8, 4) is 0 Å². The van der Waals surface area contributed by atoms with Crippen molar-refractivity contribution >= 4 is 0 Å². The molecule has 104 valence electrons. The Bertz CT molecular complexity index is 525. The largest absolute Gasteiger partial charge is 0.248 e. The van der Waals surface area contributed by atoms with Gasteiger partial charge >= 0.3 is 0 Å². The van der Waals surface area contributed by atoms with Crippen molar-refractivity contribution in [2.45, 2.75) is 54.6 Å². The van der Waals surface area contributed by atoms with Crippen molar-refractivity contribution in [3.63, 3.8) is 0 Å². The summed E-state index contributed by atoms with van der Waals surface area (Å²) in [6, 6.07) is 0. The van der Waals surface area contributed by atoms with Gasteiger partial charge in [-0.25, -0.2) is 19.1 Å². The van der Waals surface area contributed by atoms with Gasteiger partial charge in [0.15, 0.2) is 0 Å². The molecule has 0 amide bonds. The molecule has 4 nitrogen and oxygen atoms in total. The normalized spacial score (nSPS) is 12.1. The maximum Gasteiger partial charge on any atom is 0.241 e. The van der Waals surface area contributed by atoms with Crippen LogP contribution in [0.5, 0.6) is 0 Å². The highest BCUT2D eigenvalue weighted by molar-refractivity contribution is 5.00. The van der Waals surface area contributed by atoms with Crippen LogP contribution in [0.1, 0.15) is 36.6 Å². The SMILES string of the molecule is Cc1[nH]c[n+](CC(C)(C)C[n+]2c[nH]c(C)c2C)c1C. The predicted molar refractivity (Wildman–Crippen MR) is 74.7 cm³/mol. The van der Waals surface area contributed by atoms with E-state index in [0.717, 1.165) is 13.1 Å². The molecule has 0 aromatic carbocycles. The second kappa shape index (κ2) is 4.83. The van der Waals surface area contributed by atoms with E-state index in [4.69, 9.17) is 0 Å². The number of hydrogen-bond acceptors (Lipinski definition) is 0. The van der Waals surface area contributed by atoms with Gasteiger partial charge in [0.1, 0.15) is 22.8 Å². The Morgan fingerprint density at radius 1 is 0.842 bits per heavy atom. The summed E-state index contributed by atoms with van der Waals surface area (Å²) in [6.45, 7) is 15.2. The van der Waals surface area contributed by atoms with Crippen molar-refractivity contribution in [1.82, 2.24) is 9.97 Å². The summed E-state index contributed by atoms with van der Waals surface area (Å²) < 4.78 is 4.62. The lowest BCUT2D eigenvalue weighted by Crippen LogP contribution is -2.49. The first-order chi connectivity index (χ1) is 8.80. The smallest absolute Gasteiger partial charge is 0.241 e. The molecule has 0 fully saturated rings. The highest BCUT2D eigenvalue weighted by Crippen LogP contribution is 2.16. The van der Waals surface area contributed by atoms with Crippen LogP contribution >= 0.6 is 0 Å². The molecule has 0 aliphatic carbocycles. The Morgan fingerprint density at radius 3 is 1.47 bits per heavy atom. The van der Waals surface area contributed by atoms with Crippen molar-refractivity contribution in [2.24, 2.45) is 5.41 Å². The van der Waals surface area contributed by atoms with Gasteiger partial charge in [-0.15, -0.1) is 0 Å². The van der Waals surface area contributed by atoms with Gasteiger partial charge in [-0.3, -0.25) is 0 Å². The minimum atomic E-state index is 0.202. The number of rotatable bonds is 4. The molecule has 2 aromatic heterocycles. The maximum absolute atomic E-state index is 3.29. The predicted octanol–water partition coefficient (Wildman–Crippen LogP) is 1.88. The molecule has 2 N–H and O–H groups in total.